The van der Waals surface area contributed by atoms with Gasteiger partial charge in [0.15, 0.2) is 5.52 Å². The molecule has 20 heavy (non-hydrogen) atoms. The van der Waals surface area contributed by atoms with Crippen molar-refractivity contribution in [2.45, 2.75) is 26.9 Å². The SMILES string of the molecule is CCn1ncc2ncn(Cc3cnc(C)nc3)c(=O)c21. The summed E-state index contributed by atoms with van der Waals surface area (Å²) in [6.45, 7) is 4.80. The summed E-state index contributed by atoms with van der Waals surface area (Å²) in [5, 5.41) is 4.15. The van der Waals surface area contributed by atoms with E-state index in [2.05, 4.69) is 20.1 Å². The fourth-order valence-corrected chi connectivity index (χ4v) is 2.06. The van der Waals surface area contributed by atoms with Crippen LogP contribution in [0.5, 0.6) is 0 Å². The molecule has 0 saturated heterocycles. The van der Waals surface area contributed by atoms with E-state index in [0.29, 0.717) is 29.9 Å². The van der Waals surface area contributed by atoms with Crippen LogP contribution in [0.1, 0.15) is 18.3 Å². The monoisotopic (exact) mass is 270 g/mol. The molecule has 0 aliphatic heterocycles. The van der Waals surface area contributed by atoms with E-state index in [1.807, 2.05) is 13.8 Å². The van der Waals surface area contributed by atoms with Crippen LogP contribution in [0.25, 0.3) is 11.0 Å². The molecule has 3 aromatic heterocycles. The lowest BCUT2D eigenvalue weighted by molar-refractivity contribution is 0.669. The average molecular weight is 270 g/mol. The topological polar surface area (TPSA) is 78.5 Å². The lowest BCUT2D eigenvalue weighted by atomic mass is 10.3. The third-order valence-corrected chi connectivity index (χ3v) is 3.11. The van der Waals surface area contributed by atoms with Crippen LogP contribution in [-0.2, 0) is 13.1 Å². The molecule has 3 heterocycles. The molecule has 0 aromatic carbocycles. The largest absolute Gasteiger partial charge is 0.293 e. The molecule has 0 N–H and O–H groups in total. The summed E-state index contributed by atoms with van der Waals surface area (Å²) in [6.07, 6.45) is 6.58. The molecular formula is C13H14N6O. The zero-order chi connectivity index (χ0) is 14.1. The Bertz CT molecular complexity index is 802. The standard InChI is InChI=1S/C13H14N6O/c1-3-19-12-11(6-17-19)16-8-18(13(12)20)7-10-4-14-9(2)15-5-10/h4-6,8H,3,7H2,1-2H3. The smallest absolute Gasteiger partial charge is 0.279 e. The van der Waals surface area contributed by atoms with Crippen molar-refractivity contribution < 1.29 is 0 Å². The maximum Gasteiger partial charge on any atom is 0.279 e. The number of aromatic nitrogens is 6. The van der Waals surface area contributed by atoms with Gasteiger partial charge in [-0.15, -0.1) is 0 Å². The van der Waals surface area contributed by atoms with Crippen molar-refractivity contribution in [1.29, 1.82) is 0 Å². The maximum absolute atomic E-state index is 12.5. The minimum atomic E-state index is -0.102. The fraction of sp³-hybridized carbons (Fsp3) is 0.308. The lowest BCUT2D eigenvalue weighted by Gasteiger charge is -2.06. The van der Waals surface area contributed by atoms with Crippen molar-refractivity contribution in [2.75, 3.05) is 0 Å². The van der Waals surface area contributed by atoms with E-state index in [1.165, 1.54) is 6.33 Å². The van der Waals surface area contributed by atoms with Gasteiger partial charge < -0.3 is 0 Å². The molecule has 3 rings (SSSR count). The van der Waals surface area contributed by atoms with Gasteiger partial charge in [0, 0.05) is 24.5 Å². The minimum Gasteiger partial charge on any atom is -0.293 e. The first kappa shape index (κ1) is 12.5. The number of aryl methyl sites for hydroxylation is 2. The van der Waals surface area contributed by atoms with E-state index >= 15 is 0 Å². The molecule has 0 fully saturated rings. The number of hydrogen-bond acceptors (Lipinski definition) is 5. The van der Waals surface area contributed by atoms with Crippen molar-refractivity contribution in [3.8, 4) is 0 Å². The Kier molecular flexibility index (Phi) is 3.02. The summed E-state index contributed by atoms with van der Waals surface area (Å²) in [5.74, 6) is 0.707. The van der Waals surface area contributed by atoms with Gasteiger partial charge in [-0.1, -0.05) is 0 Å². The minimum absolute atomic E-state index is 0.102. The number of nitrogens with zero attached hydrogens (tertiary/aromatic N) is 6. The van der Waals surface area contributed by atoms with Gasteiger partial charge in [-0.3, -0.25) is 14.0 Å². The second kappa shape index (κ2) is 4.84. The van der Waals surface area contributed by atoms with Gasteiger partial charge in [0.25, 0.3) is 5.56 Å². The third kappa shape index (κ3) is 2.07. The van der Waals surface area contributed by atoms with Gasteiger partial charge >= 0.3 is 0 Å². The first-order valence-corrected chi connectivity index (χ1v) is 6.37. The summed E-state index contributed by atoms with van der Waals surface area (Å²) in [6, 6.07) is 0. The molecule has 0 unspecified atom stereocenters. The summed E-state index contributed by atoms with van der Waals surface area (Å²) < 4.78 is 3.21. The molecule has 0 aliphatic carbocycles. The maximum atomic E-state index is 12.5. The highest BCUT2D eigenvalue weighted by Gasteiger charge is 2.10. The molecule has 102 valence electrons. The van der Waals surface area contributed by atoms with E-state index in [0.717, 1.165) is 5.56 Å². The predicted octanol–water partition coefficient (Wildman–Crippen LogP) is 0.760. The van der Waals surface area contributed by atoms with Crippen LogP contribution in [0.4, 0.5) is 0 Å². The van der Waals surface area contributed by atoms with Crippen LogP contribution >= 0.6 is 0 Å². The molecule has 3 aromatic rings. The van der Waals surface area contributed by atoms with E-state index < -0.39 is 0 Å². The van der Waals surface area contributed by atoms with Gasteiger partial charge in [-0.2, -0.15) is 5.10 Å². The van der Waals surface area contributed by atoms with Gasteiger partial charge in [0.05, 0.1) is 19.1 Å². The lowest BCUT2D eigenvalue weighted by Crippen LogP contribution is -2.23. The van der Waals surface area contributed by atoms with Crippen molar-refractivity contribution in [3.63, 3.8) is 0 Å². The molecule has 0 bridgehead atoms. The van der Waals surface area contributed by atoms with Crippen LogP contribution in [0, 0.1) is 6.92 Å². The normalized spacial score (nSPS) is 11.1. The summed E-state index contributed by atoms with van der Waals surface area (Å²) in [4.78, 5) is 25.0. The highest BCUT2D eigenvalue weighted by atomic mass is 16.1. The first-order chi connectivity index (χ1) is 9.69. The number of fused-ring (bicyclic) bond motifs is 1. The van der Waals surface area contributed by atoms with Crippen LogP contribution in [-0.4, -0.2) is 29.3 Å². The number of rotatable bonds is 3. The first-order valence-electron chi connectivity index (χ1n) is 6.37. The van der Waals surface area contributed by atoms with Gasteiger partial charge in [-0.25, -0.2) is 15.0 Å². The Morgan fingerprint density at radius 3 is 2.60 bits per heavy atom. The molecule has 0 radical (unpaired) electrons. The Labute approximate surface area is 114 Å². The van der Waals surface area contributed by atoms with Crippen molar-refractivity contribution in [3.05, 3.63) is 46.7 Å². The summed E-state index contributed by atoms with van der Waals surface area (Å²) in [5.41, 5.74) is 1.91. The Morgan fingerprint density at radius 2 is 1.90 bits per heavy atom. The van der Waals surface area contributed by atoms with E-state index in [9.17, 15) is 4.79 Å². The van der Waals surface area contributed by atoms with E-state index in [1.54, 1.807) is 27.8 Å². The molecule has 7 heteroatoms. The molecular weight excluding hydrogens is 256 g/mol. The van der Waals surface area contributed by atoms with Crippen LogP contribution < -0.4 is 5.56 Å². The van der Waals surface area contributed by atoms with E-state index in [4.69, 9.17) is 0 Å². The molecule has 0 atom stereocenters. The van der Waals surface area contributed by atoms with Gasteiger partial charge in [-0.05, 0) is 13.8 Å². The molecule has 0 saturated carbocycles. The Hall–Kier alpha value is -2.57. The van der Waals surface area contributed by atoms with Crippen molar-refractivity contribution in [2.24, 2.45) is 0 Å². The third-order valence-electron chi connectivity index (χ3n) is 3.11. The Morgan fingerprint density at radius 1 is 1.15 bits per heavy atom. The molecule has 7 nitrogen and oxygen atoms in total. The predicted molar refractivity (Wildman–Crippen MR) is 73.3 cm³/mol. The average Bonchev–Trinajstić information content (AvgIpc) is 2.88. The second-order valence-electron chi connectivity index (χ2n) is 4.51. The quantitative estimate of drug-likeness (QED) is 0.702. The Balaban J connectivity index is 2.06. The van der Waals surface area contributed by atoms with Crippen molar-refractivity contribution >= 4 is 11.0 Å². The highest BCUT2D eigenvalue weighted by Crippen LogP contribution is 2.06. The van der Waals surface area contributed by atoms with Crippen LogP contribution in [0.2, 0.25) is 0 Å². The zero-order valence-electron chi connectivity index (χ0n) is 11.3. The number of hydrogen-bond donors (Lipinski definition) is 0. The van der Waals surface area contributed by atoms with Gasteiger partial charge in [0.1, 0.15) is 11.3 Å². The summed E-state index contributed by atoms with van der Waals surface area (Å²) >= 11 is 0. The molecule has 0 amide bonds. The second-order valence-corrected chi connectivity index (χ2v) is 4.51. The van der Waals surface area contributed by atoms with Crippen LogP contribution in [0.3, 0.4) is 0 Å². The van der Waals surface area contributed by atoms with Crippen LogP contribution in [0.15, 0.2) is 29.7 Å². The van der Waals surface area contributed by atoms with Crippen molar-refractivity contribution in [1.82, 2.24) is 29.3 Å². The molecule has 0 aliphatic rings. The fourth-order valence-electron chi connectivity index (χ4n) is 2.06. The zero-order valence-corrected chi connectivity index (χ0v) is 11.3. The van der Waals surface area contributed by atoms with E-state index in [-0.39, 0.29) is 5.56 Å². The highest BCUT2D eigenvalue weighted by molar-refractivity contribution is 5.72. The van der Waals surface area contributed by atoms with Gasteiger partial charge in [0.2, 0.25) is 0 Å². The summed E-state index contributed by atoms with van der Waals surface area (Å²) in [7, 11) is 0. The molecule has 0 spiro atoms.